The van der Waals surface area contributed by atoms with Gasteiger partial charge in [0.25, 0.3) is 11.8 Å². The molecule has 7 nitrogen and oxygen atoms in total. The first-order chi connectivity index (χ1) is 13.0. The molecule has 3 amide bonds. The first-order valence-corrected chi connectivity index (χ1v) is 8.81. The lowest BCUT2D eigenvalue weighted by Gasteiger charge is -2.11. The van der Waals surface area contributed by atoms with Gasteiger partial charge in [0.1, 0.15) is 0 Å². The Balaban J connectivity index is 1.49. The molecule has 0 heterocycles. The van der Waals surface area contributed by atoms with Gasteiger partial charge in [-0.05, 0) is 61.5 Å². The molecule has 2 aromatic rings. The third-order valence-corrected chi connectivity index (χ3v) is 4.12. The van der Waals surface area contributed by atoms with Crippen molar-refractivity contribution in [2.45, 2.75) is 12.8 Å². The number of hydrogen-bond donors (Lipinski definition) is 4. The maximum atomic E-state index is 12.1. The van der Waals surface area contributed by atoms with E-state index in [2.05, 4.69) is 21.5 Å². The van der Waals surface area contributed by atoms with E-state index in [4.69, 9.17) is 12.2 Å². The van der Waals surface area contributed by atoms with Crippen LogP contribution in [-0.2, 0) is 4.79 Å². The van der Waals surface area contributed by atoms with Gasteiger partial charge in [0.15, 0.2) is 5.11 Å². The highest BCUT2D eigenvalue weighted by Crippen LogP contribution is 2.28. The predicted molar refractivity (Wildman–Crippen MR) is 105 cm³/mol. The van der Waals surface area contributed by atoms with Gasteiger partial charge < -0.3 is 10.6 Å². The monoisotopic (exact) mass is 382 g/mol. The van der Waals surface area contributed by atoms with Crippen LogP contribution >= 0.6 is 12.2 Å². The Morgan fingerprint density at radius 3 is 2.07 bits per heavy atom. The Labute approximate surface area is 161 Å². The van der Waals surface area contributed by atoms with E-state index in [0.717, 1.165) is 12.8 Å². The predicted octanol–water partition coefficient (Wildman–Crippen LogP) is 1.98. The fourth-order valence-electron chi connectivity index (χ4n) is 2.27. The summed E-state index contributed by atoms with van der Waals surface area (Å²) < 4.78 is 0. The van der Waals surface area contributed by atoms with Crippen LogP contribution in [0.5, 0.6) is 0 Å². The molecule has 1 saturated carbocycles. The zero-order valence-corrected chi connectivity index (χ0v) is 15.1. The van der Waals surface area contributed by atoms with Crippen molar-refractivity contribution in [3.63, 3.8) is 0 Å². The minimum absolute atomic E-state index is 0.0269. The maximum Gasteiger partial charge on any atom is 0.269 e. The van der Waals surface area contributed by atoms with Gasteiger partial charge in [-0.1, -0.05) is 18.2 Å². The molecule has 0 saturated heterocycles. The summed E-state index contributed by atoms with van der Waals surface area (Å²) in [5.41, 5.74) is 6.40. The summed E-state index contributed by atoms with van der Waals surface area (Å²) in [6.45, 7) is 0. The van der Waals surface area contributed by atoms with Crippen molar-refractivity contribution < 1.29 is 14.4 Å². The highest BCUT2D eigenvalue weighted by atomic mass is 32.1. The van der Waals surface area contributed by atoms with Gasteiger partial charge in [-0.3, -0.25) is 25.2 Å². The molecule has 0 atom stereocenters. The van der Waals surface area contributed by atoms with E-state index in [-0.39, 0.29) is 22.8 Å². The van der Waals surface area contributed by atoms with Crippen LogP contribution in [0.1, 0.15) is 33.6 Å². The van der Waals surface area contributed by atoms with Gasteiger partial charge in [-0.15, -0.1) is 0 Å². The topological polar surface area (TPSA) is 99.3 Å². The van der Waals surface area contributed by atoms with Crippen LogP contribution in [0.4, 0.5) is 5.69 Å². The molecule has 2 aromatic carbocycles. The molecule has 138 valence electrons. The number of hydrazine groups is 1. The van der Waals surface area contributed by atoms with Gasteiger partial charge in [0.2, 0.25) is 5.91 Å². The van der Waals surface area contributed by atoms with Crippen molar-refractivity contribution in [2.75, 3.05) is 5.32 Å². The highest BCUT2D eigenvalue weighted by molar-refractivity contribution is 7.80. The number of thiocarbonyl (C=S) groups is 1. The van der Waals surface area contributed by atoms with Crippen molar-refractivity contribution in [2.24, 2.45) is 5.92 Å². The number of amides is 3. The first kappa shape index (κ1) is 18.5. The molecule has 0 bridgehead atoms. The molecule has 27 heavy (non-hydrogen) atoms. The molecular weight excluding hydrogens is 364 g/mol. The highest BCUT2D eigenvalue weighted by Gasteiger charge is 2.30. The average Bonchev–Trinajstić information content (AvgIpc) is 3.53. The maximum absolute atomic E-state index is 12.1. The van der Waals surface area contributed by atoms with Gasteiger partial charge in [-0.2, -0.15) is 0 Å². The minimum atomic E-state index is -0.418. The van der Waals surface area contributed by atoms with Crippen molar-refractivity contribution in [3.05, 3.63) is 65.7 Å². The molecule has 0 aromatic heterocycles. The van der Waals surface area contributed by atoms with Crippen molar-refractivity contribution in [3.8, 4) is 0 Å². The second-order valence-corrected chi connectivity index (χ2v) is 6.48. The molecular formula is C19H18N4O3S. The lowest BCUT2D eigenvalue weighted by Crippen LogP contribution is -2.48. The van der Waals surface area contributed by atoms with E-state index in [1.807, 2.05) is 6.07 Å². The van der Waals surface area contributed by atoms with E-state index in [1.54, 1.807) is 48.5 Å². The molecule has 4 N–H and O–H groups in total. The third kappa shape index (κ3) is 5.35. The lowest BCUT2D eigenvalue weighted by molar-refractivity contribution is -0.120. The summed E-state index contributed by atoms with van der Waals surface area (Å²) in [4.78, 5) is 35.8. The fourth-order valence-corrected chi connectivity index (χ4v) is 2.43. The second kappa shape index (κ2) is 8.41. The fraction of sp³-hybridized carbons (Fsp3) is 0.158. The van der Waals surface area contributed by atoms with Gasteiger partial charge >= 0.3 is 0 Å². The van der Waals surface area contributed by atoms with Crippen LogP contribution < -0.4 is 21.5 Å². The average molecular weight is 382 g/mol. The minimum Gasteiger partial charge on any atom is -0.322 e. The quantitative estimate of drug-likeness (QED) is 0.479. The summed E-state index contributed by atoms with van der Waals surface area (Å²) in [5, 5.41) is 5.32. The number of nitrogens with one attached hydrogen (secondary N) is 4. The van der Waals surface area contributed by atoms with Crippen molar-refractivity contribution in [1.82, 2.24) is 16.2 Å². The van der Waals surface area contributed by atoms with Crippen LogP contribution in [0.2, 0.25) is 0 Å². The smallest absolute Gasteiger partial charge is 0.269 e. The first-order valence-electron chi connectivity index (χ1n) is 8.40. The van der Waals surface area contributed by atoms with Gasteiger partial charge in [0, 0.05) is 22.7 Å². The van der Waals surface area contributed by atoms with E-state index in [0.29, 0.717) is 16.8 Å². The summed E-state index contributed by atoms with van der Waals surface area (Å²) in [6, 6.07) is 15.2. The summed E-state index contributed by atoms with van der Waals surface area (Å²) in [5.74, 6) is -0.760. The molecule has 8 heteroatoms. The standard InChI is InChI=1S/C19H18N4O3S/c24-16(12-4-2-1-3-5-12)20-15-10-8-14(9-11-15)18(26)22-23-19(27)21-17(25)13-6-7-13/h1-5,8-11,13H,6-7H2,(H,20,24)(H,22,26)(H2,21,23,25,27). The molecule has 0 unspecified atom stereocenters. The summed E-state index contributed by atoms with van der Waals surface area (Å²) in [6.07, 6.45) is 1.74. The zero-order chi connectivity index (χ0) is 19.2. The largest absolute Gasteiger partial charge is 0.322 e. The molecule has 1 fully saturated rings. The van der Waals surface area contributed by atoms with Crippen LogP contribution in [0.25, 0.3) is 0 Å². The molecule has 0 spiro atoms. The SMILES string of the molecule is O=C(NNC(=S)NC(=O)C1CC1)c1ccc(NC(=O)c2ccccc2)cc1. The van der Waals surface area contributed by atoms with Crippen molar-refractivity contribution in [1.29, 1.82) is 0 Å². The van der Waals surface area contributed by atoms with Crippen LogP contribution in [0.15, 0.2) is 54.6 Å². The van der Waals surface area contributed by atoms with Crippen LogP contribution in [0.3, 0.4) is 0 Å². The van der Waals surface area contributed by atoms with E-state index in [1.165, 1.54) is 0 Å². The third-order valence-electron chi connectivity index (χ3n) is 3.92. The van der Waals surface area contributed by atoms with Gasteiger partial charge in [0.05, 0.1) is 0 Å². The van der Waals surface area contributed by atoms with Crippen molar-refractivity contribution >= 4 is 40.7 Å². The molecule has 0 aliphatic heterocycles. The molecule has 3 rings (SSSR count). The Morgan fingerprint density at radius 1 is 0.815 bits per heavy atom. The number of hydrogen-bond acceptors (Lipinski definition) is 4. The molecule has 0 radical (unpaired) electrons. The summed E-state index contributed by atoms with van der Waals surface area (Å²) >= 11 is 4.96. The number of anilines is 1. The number of benzene rings is 2. The Kier molecular flexibility index (Phi) is 5.77. The second-order valence-electron chi connectivity index (χ2n) is 6.07. The van der Waals surface area contributed by atoms with E-state index < -0.39 is 5.91 Å². The molecule has 1 aliphatic carbocycles. The van der Waals surface area contributed by atoms with E-state index >= 15 is 0 Å². The summed E-state index contributed by atoms with van der Waals surface area (Å²) in [7, 11) is 0. The Bertz CT molecular complexity index is 864. The van der Waals surface area contributed by atoms with Crippen LogP contribution in [-0.4, -0.2) is 22.8 Å². The lowest BCUT2D eigenvalue weighted by atomic mass is 10.2. The number of carbonyl (C=O) groups excluding carboxylic acids is 3. The Morgan fingerprint density at radius 2 is 1.44 bits per heavy atom. The Hall–Kier alpha value is -3.26. The number of carbonyl (C=O) groups is 3. The molecule has 1 aliphatic rings. The van der Waals surface area contributed by atoms with E-state index in [9.17, 15) is 14.4 Å². The zero-order valence-electron chi connectivity index (χ0n) is 14.3. The van der Waals surface area contributed by atoms with Gasteiger partial charge in [-0.25, -0.2) is 0 Å². The normalized spacial score (nSPS) is 12.6. The van der Waals surface area contributed by atoms with Crippen LogP contribution in [0, 0.1) is 5.92 Å². The number of rotatable bonds is 4.